The Morgan fingerprint density at radius 2 is 2.28 bits per heavy atom. The van der Waals surface area contributed by atoms with E-state index in [4.69, 9.17) is 0 Å². The number of carbonyl (C=O) groups excluding carboxylic acids is 1. The standard InChI is InChI=1S/C12H15FN4O/c1-2-14-3-4-15-12(18)9-5-8(13)6-10-11(9)17-7-16-10/h5-7,14H,2-4H2,1H3,(H,15,18)(H,16,17). The number of nitrogens with zero attached hydrogens (tertiary/aromatic N) is 1. The summed E-state index contributed by atoms with van der Waals surface area (Å²) in [4.78, 5) is 18.7. The number of aromatic nitrogens is 2. The monoisotopic (exact) mass is 250 g/mol. The fourth-order valence-electron chi connectivity index (χ4n) is 1.72. The van der Waals surface area contributed by atoms with Crippen LogP contribution in [0, 0.1) is 5.82 Å². The number of benzene rings is 1. The van der Waals surface area contributed by atoms with Crippen LogP contribution in [0.15, 0.2) is 18.5 Å². The Morgan fingerprint density at radius 1 is 1.44 bits per heavy atom. The summed E-state index contributed by atoms with van der Waals surface area (Å²) in [6, 6.07) is 2.52. The summed E-state index contributed by atoms with van der Waals surface area (Å²) in [6.07, 6.45) is 1.44. The maximum atomic E-state index is 13.3. The van der Waals surface area contributed by atoms with E-state index >= 15 is 0 Å². The Bertz CT molecular complexity index is 552. The molecule has 0 aliphatic heterocycles. The molecular weight excluding hydrogens is 235 g/mol. The lowest BCUT2D eigenvalue weighted by molar-refractivity contribution is 0.0955. The van der Waals surface area contributed by atoms with Gasteiger partial charge >= 0.3 is 0 Å². The Kier molecular flexibility index (Phi) is 3.88. The molecule has 1 heterocycles. The van der Waals surface area contributed by atoms with Crippen molar-refractivity contribution < 1.29 is 9.18 Å². The molecule has 1 aromatic heterocycles. The van der Waals surface area contributed by atoms with Crippen molar-refractivity contribution in [2.45, 2.75) is 6.92 Å². The van der Waals surface area contributed by atoms with E-state index < -0.39 is 5.82 Å². The normalized spacial score (nSPS) is 10.8. The average molecular weight is 250 g/mol. The number of carbonyl (C=O) groups is 1. The molecular formula is C12H15FN4O. The van der Waals surface area contributed by atoms with Gasteiger partial charge in [0.25, 0.3) is 5.91 Å². The molecule has 0 atom stereocenters. The second-order valence-electron chi connectivity index (χ2n) is 3.86. The number of H-pyrrole nitrogens is 1. The molecule has 2 aromatic rings. The van der Waals surface area contributed by atoms with Crippen LogP contribution in [-0.4, -0.2) is 35.5 Å². The fraction of sp³-hybridized carbons (Fsp3) is 0.333. The molecule has 18 heavy (non-hydrogen) atoms. The fourth-order valence-corrected chi connectivity index (χ4v) is 1.72. The van der Waals surface area contributed by atoms with Crippen molar-refractivity contribution >= 4 is 16.9 Å². The lowest BCUT2D eigenvalue weighted by Gasteiger charge is -2.06. The molecule has 1 aromatic carbocycles. The van der Waals surface area contributed by atoms with Gasteiger partial charge in [-0.15, -0.1) is 0 Å². The molecule has 0 bridgehead atoms. The van der Waals surface area contributed by atoms with E-state index in [1.54, 1.807) is 0 Å². The van der Waals surface area contributed by atoms with Crippen molar-refractivity contribution in [2.75, 3.05) is 19.6 Å². The summed E-state index contributed by atoms with van der Waals surface area (Å²) in [5, 5.41) is 5.81. The summed E-state index contributed by atoms with van der Waals surface area (Å²) in [5.74, 6) is -0.770. The molecule has 0 fully saturated rings. The Hall–Kier alpha value is -1.95. The number of amides is 1. The van der Waals surface area contributed by atoms with Crippen molar-refractivity contribution in [1.82, 2.24) is 20.6 Å². The van der Waals surface area contributed by atoms with Gasteiger partial charge in [-0.1, -0.05) is 6.92 Å². The molecule has 5 nitrogen and oxygen atoms in total. The molecule has 0 saturated carbocycles. The van der Waals surface area contributed by atoms with E-state index in [9.17, 15) is 9.18 Å². The third-order valence-corrected chi connectivity index (χ3v) is 2.57. The van der Waals surface area contributed by atoms with Gasteiger partial charge < -0.3 is 15.6 Å². The van der Waals surface area contributed by atoms with Crippen LogP contribution >= 0.6 is 0 Å². The van der Waals surface area contributed by atoms with Crippen LogP contribution in [0.1, 0.15) is 17.3 Å². The van der Waals surface area contributed by atoms with E-state index in [1.807, 2.05) is 6.92 Å². The predicted octanol–water partition coefficient (Wildman–Crippen LogP) is 1.04. The van der Waals surface area contributed by atoms with Crippen LogP contribution in [0.2, 0.25) is 0 Å². The minimum atomic E-state index is -0.455. The van der Waals surface area contributed by atoms with Gasteiger partial charge in [0, 0.05) is 13.1 Å². The SMILES string of the molecule is CCNCCNC(=O)c1cc(F)cc2[nH]cnc12. The zero-order valence-electron chi connectivity index (χ0n) is 10.1. The second kappa shape index (κ2) is 5.59. The second-order valence-corrected chi connectivity index (χ2v) is 3.86. The Balaban J connectivity index is 2.14. The van der Waals surface area contributed by atoms with Crippen LogP contribution in [0.25, 0.3) is 11.0 Å². The number of imidazole rings is 1. The average Bonchev–Trinajstić information content (AvgIpc) is 2.81. The highest BCUT2D eigenvalue weighted by Gasteiger charge is 2.13. The van der Waals surface area contributed by atoms with Gasteiger partial charge in [0.15, 0.2) is 0 Å². The van der Waals surface area contributed by atoms with Gasteiger partial charge in [0.05, 0.1) is 17.4 Å². The van der Waals surface area contributed by atoms with Gasteiger partial charge in [-0.05, 0) is 18.7 Å². The van der Waals surface area contributed by atoms with E-state index in [-0.39, 0.29) is 11.5 Å². The maximum absolute atomic E-state index is 13.3. The first kappa shape index (κ1) is 12.5. The van der Waals surface area contributed by atoms with E-state index in [0.29, 0.717) is 24.1 Å². The summed E-state index contributed by atoms with van der Waals surface area (Å²) in [7, 11) is 0. The van der Waals surface area contributed by atoms with Crippen molar-refractivity contribution in [2.24, 2.45) is 0 Å². The number of aromatic amines is 1. The number of halogens is 1. The van der Waals surface area contributed by atoms with E-state index in [1.165, 1.54) is 18.5 Å². The van der Waals surface area contributed by atoms with Crippen LogP contribution in [-0.2, 0) is 0 Å². The third kappa shape index (κ3) is 2.65. The predicted molar refractivity (Wildman–Crippen MR) is 66.9 cm³/mol. The van der Waals surface area contributed by atoms with Crippen molar-refractivity contribution in [3.8, 4) is 0 Å². The summed E-state index contributed by atoms with van der Waals surface area (Å²) in [5.41, 5.74) is 1.26. The maximum Gasteiger partial charge on any atom is 0.253 e. The van der Waals surface area contributed by atoms with Crippen LogP contribution < -0.4 is 10.6 Å². The number of rotatable bonds is 5. The van der Waals surface area contributed by atoms with E-state index in [0.717, 1.165) is 6.54 Å². The molecule has 0 aliphatic carbocycles. The third-order valence-electron chi connectivity index (χ3n) is 2.57. The largest absolute Gasteiger partial charge is 0.351 e. The number of nitrogens with one attached hydrogen (secondary N) is 3. The van der Waals surface area contributed by atoms with Crippen molar-refractivity contribution in [3.63, 3.8) is 0 Å². The van der Waals surface area contributed by atoms with Crippen molar-refractivity contribution in [3.05, 3.63) is 29.8 Å². The van der Waals surface area contributed by atoms with Crippen LogP contribution in [0.3, 0.4) is 0 Å². The number of hydrogen-bond acceptors (Lipinski definition) is 3. The minimum absolute atomic E-state index is 0.253. The molecule has 0 aliphatic rings. The van der Waals surface area contributed by atoms with Crippen LogP contribution in [0.5, 0.6) is 0 Å². The quantitative estimate of drug-likeness (QED) is 0.694. The summed E-state index contributed by atoms with van der Waals surface area (Å²) in [6.45, 7) is 4.01. The van der Waals surface area contributed by atoms with Gasteiger partial charge in [0.2, 0.25) is 0 Å². The number of likely N-dealkylation sites (N-methyl/N-ethyl adjacent to an activating group) is 1. The zero-order valence-corrected chi connectivity index (χ0v) is 10.1. The van der Waals surface area contributed by atoms with Crippen LogP contribution in [0.4, 0.5) is 4.39 Å². The molecule has 6 heteroatoms. The highest BCUT2D eigenvalue weighted by molar-refractivity contribution is 6.04. The highest BCUT2D eigenvalue weighted by Crippen LogP contribution is 2.16. The van der Waals surface area contributed by atoms with E-state index in [2.05, 4.69) is 20.6 Å². The molecule has 0 saturated heterocycles. The molecule has 0 radical (unpaired) electrons. The molecule has 0 spiro atoms. The summed E-state index contributed by atoms with van der Waals surface area (Å²) >= 11 is 0. The van der Waals surface area contributed by atoms with Gasteiger partial charge in [-0.3, -0.25) is 4.79 Å². The minimum Gasteiger partial charge on any atom is -0.351 e. The molecule has 0 unspecified atom stereocenters. The topological polar surface area (TPSA) is 69.8 Å². The smallest absolute Gasteiger partial charge is 0.253 e. The number of fused-ring (bicyclic) bond motifs is 1. The van der Waals surface area contributed by atoms with Gasteiger partial charge in [-0.2, -0.15) is 0 Å². The van der Waals surface area contributed by atoms with Crippen molar-refractivity contribution in [1.29, 1.82) is 0 Å². The first-order valence-corrected chi connectivity index (χ1v) is 5.84. The molecule has 1 amide bonds. The van der Waals surface area contributed by atoms with Gasteiger partial charge in [-0.25, -0.2) is 9.37 Å². The van der Waals surface area contributed by atoms with Gasteiger partial charge in [0.1, 0.15) is 11.3 Å². The first-order valence-electron chi connectivity index (χ1n) is 5.84. The molecule has 96 valence electrons. The Morgan fingerprint density at radius 3 is 3.06 bits per heavy atom. The zero-order chi connectivity index (χ0) is 13.0. The lowest BCUT2D eigenvalue weighted by atomic mass is 10.1. The highest BCUT2D eigenvalue weighted by atomic mass is 19.1. The first-order chi connectivity index (χ1) is 8.72. The molecule has 2 rings (SSSR count). The Labute approximate surface area is 104 Å². The lowest BCUT2D eigenvalue weighted by Crippen LogP contribution is -2.31. The number of hydrogen-bond donors (Lipinski definition) is 3. The molecule has 3 N–H and O–H groups in total. The summed E-state index contributed by atoms with van der Waals surface area (Å²) < 4.78 is 13.3.